The Morgan fingerprint density at radius 3 is 1.30 bits per heavy atom. The van der Waals surface area contributed by atoms with Crippen LogP contribution in [0.4, 0.5) is 0 Å². The predicted molar refractivity (Wildman–Crippen MR) is 122 cm³/mol. The largest absolute Gasteiger partial charge is 0.457 e. The maximum atomic E-state index is 12.6. The quantitative estimate of drug-likeness (QED) is 0.277. The van der Waals surface area contributed by atoms with Crippen molar-refractivity contribution in [1.29, 1.82) is 0 Å². The van der Waals surface area contributed by atoms with Crippen LogP contribution in [0.25, 0.3) is 11.1 Å². The van der Waals surface area contributed by atoms with Crippen LogP contribution in [0, 0.1) is 0 Å². The summed E-state index contributed by atoms with van der Waals surface area (Å²) in [6.07, 6.45) is 0. The van der Waals surface area contributed by atoms with Gasteiger partial charge in [0.1, 0.15) is 6.61 Å². The van der Waals surface area contributed by atoms with Gasteiger partial charge in [-0.3, -0.25) is 0 Å². The SMILES string of the molecule is O=C(OCC(=C(c1ccccc1)c1ccccc1)c1ccccc1)c1ccccc1. The van der Waals surface area contributed by atoms with Gasteiger partial charge in [-0.05, 0) is 34.4 Å². The van der Waals surface area contributed by atoms with Gasteiger partial charge in [-0.2, -0.15) is 0 Å². The van der Waals surface area contributed by atoms with Gasteiger partial charge in [0.25, 0.3) is 0 Å². The fraction of sp³-hybridized carbons (Fsp3) is 0.0357. The maximum Gasteiger partial charge on any atom is 0.338 e. The van der Waals surface area contributed by atoms with Gasteiger partial charge in [-0.15, -0.1) is 0 Å². The lowest BCUT2D eigenvalue weighted by Gasteiger charge is -2.17. The first-order valence-corrected chi connectivity index (χ1v) is 9.94. The summed E-state index contributed by atoms with van der Waals surface area (Å²) in [5, 5.41) is 0. The third-order valence-corrected chi connectivity index (χ3v) is 4.91. The predicted octanol–water partition coefficient (Wildman–Crippen LogP) is 6.50. The van der Waals surface area contributed by atoms with Gasteiger partial charge in [0.15, 0.2) is 0 Å². The highest BCUT2D eigenvalue weighted by Crippen LogP contribution is 2.32. The summed E-state index contributed by atoms with van der Waals surface area (Å²) >= 11 is 0. The fourth-order valence-corrected chi connectivity index (χ4v) is 3.46. The van der Waals surface area contributed by atoms with Crippen LogP contribution in [0.5, 0.6) is 0 Å². The van der Waals surface area contributed by atoms with Gasteiger partial charge in [0.2, 0.25) is 0 Å². The number of ether oxygens (including phenoxy) is 1. The Morgan fingerprint density at radius 2 is 0.867 bits per heavy atom. The molecule has 0 atom stereocenters. The summed E-state index contributed by atoms with van der Waals surface area (Å²) in [4.78, 5) is 12.6. The number of esters is 1. The van der Waals surface area contributed by atoms with Crippen molar-refractivity contribution in [2.24, 2.45) is 0 Å². The highest BCUT2D eigenvalue weighted by Gasteiger charge is 2.16. The molecular formula is C28H22O2. The van der Waals surface area contributed by atoms with E-state index in [1.807, 2.05) is 72.8 Å². The Kier molecular flexibility index (Phi) is 6.16. The Hall–Kier alpha value is -3.91. The molecule has 146 valence electrons. The normalized spacial score (nSPS) is 10.3. The zero-order chi connectivity index (χ0) is 20.6. The molecule has 0 bridgehead atoms. The lowest BCUT2D eigenvalue weighted by atomic mass is 9.90. The average Bonchev–Trinajstić information content (AvgIpc) is 2.84. The van der Waals surface area contributed by atoms with Gasteiger partial charge in [0.05, 0.1) is 5.56 Å². The third kappa shape index (κ3) is 4.56. The van der Waals surface area contributed by atoms with Crippen LogP contribution in [0.2, 0.25) is 0 Å². The highest BCUT2D eigenvalue weighted by atomic mass is 16.5. The molecule has 0 aliphatic carbocycles. The van der Waals surface area contributed by atoms with Crippen LogP contribution in [-0.2, 0) is 4.74 Å². The molecule has 4 aromatic rings. The second-order valence-corrected chi connectivity index (χ2v) is 6.89. The lowest BCUT2D eigenvalue weighted by molar-refractivity contribution is 0.0557. The molecule has 0 heterocycles. The van der Waals surface area contributed by atoms with E-state index < -0.39 is 0 Å². The second kappa shape index (κ2) is 9.53. The summed E-state index contributed by atoms with van der Waals surface area (Å²) in [5.74, 6) is -0.329. The monoisotopic (exact) mass is 390 g/mol. The first-order chi connectivity index (χ1) is 14.8. The van der Waals surface area contributed by atoms with Crippen LogP contribution in [0.1, 0.15) is 27.0 Å². The van der Waals surface area contributed by atoms with Crippen molar-refractivity contribution in [3.63, 3.8) is 0 Å². The Bertz CT molecular complexity index is 1070. The molecule has 2 heteroatoms. The molecule has 0 saturated carbocycles. The summed E-state index contributed by atoms with van der Waals surface area (Å²) in [6.45, 7) is 0.177. The van der Waals surface area contributed by atoms with Crippen LogP contribution >= 0.6 is 0 Å². The van der Waals surface area contributed by atoms with Gasteiger partial charge in [0, 0.05) is 5.57 Å². The minimum atomic E-state index is -0.329. The number of benzene rings is 4. The van der Waals surface area contributed by atoms with Crippen LogP contribution < -0.4 is 0 Å². The molecule has 4 aromatic carbocycles. The van der Waals surface area contributed by atoms with E-state index in [0.717, 1.165) is 27.8 Å². The minimum absolute atomic E-state index is 0.177. The van der Waals surface area contributed by atoms with Crippen molar-refractivity contribution in [1.82, 2.24) is 0 Å². The number of rotatable bonds is 6. The van der Waals surface area contributed by atoms with Gasteiger partial charge in [-0.1, -0.05) is 109 Å². The first kappa shape index (κ1) is 19.4. The highest BCUT2D eigenvalue weighted by molar-refractivity contribution is 6.00. The van der Waals surface area contributed by atoms with Crippen LogP contribution in [0.15, 0.2) is 121 Å². The molecule has 0 aliphatic rings. The molecule has 0 amide bonds. The smallest absolute Gasteiger partial charge is 0.338 e. The molecular weight excluding hydrogens is 368 g/mol. The fourth-order valence-electron chi connectivity index (χ4n) is 3.46. The molecule has 0 aromatic heterocycles. The van der Waals surface area contributed by atoms with E-state index in [4.69, 9.17) is 4.74 Å². The minimum Gasteiger partial charge on any atom is -0.457 e. The summed E-state index contributed by atoms with van der Waals surface area (Å²) < 4.78 is 5.77. The van der Waals surface area contributed by atoms with E-state index in [2.05, 4.69) is 36.4 Å². The van der Waals surface area contributed by atoms with E-state index in [-0.39, 0.29) is 12.6 Å². The Balaban J connectivity index is 1.81. The molecule has 0 unspecified atom stereocenters. The molecule has 0 spiro atoms. The topological polar surface area (TPSA) is 26.3 Å². The first-order valence-electron chi connectivity index (χ1n) is 9.94. The van der Waals surface area contributed by atoms with E-state index in [9.17, 15) is 4.79 Å². The lowest BCUT2D eigenvalue weighted by Crippen LogP contribution is -2.09. The molecule has 2 nitrogen and oxygen atoms in total. The maximum absolute atomic E-state index is 12.6. The molecule has 30 heavy (non-hydrogen) atoms. The summed E-state index contributed by atoms with van der Waals surface area (Å²) in [6, 6.07) is 39.6. The zero-order valence-electron chi connectivity index (χ0n) is 16.6. The molecule has 0 fully saturated rings. The zero-order valence-corrected chi connectivity index (χ0v) is 16.6. The van der Waals surface area contributed by atoms with Gasteiger partial charge >= 0.3 is 5.97 Å². The standard InChI is InChI=1S/C28H22O2/c29-28(25-19-11-4-12-20-25)30-21-26(22-13-5-1-6-14-22)27(23-15-7-2-8-16-23)24-17-9-3-10-18-24/h1-20H,21H2. The molecule has 0 N–H and O–H groups in total. The van der Waals surface area contributed by atoms with Crippen LogP contribution in [-0.4, -0.2) is 12.6 Å². The van der Waals surface area contributed by atoms with Gasteiger partial charge in [-0.25, -0.2) is 4.79 Å². The van der Waals surface area contributed by atoms with Crippen molar-refractivity contribution in [2.75, 3.05) is 6.61 Å². The Morgan fingerprint density at radius 1 is 0.500 bits per heavy atom. The van der Waals surface area contributed by atoms with Crippen molar-refractivity contribution >= 4 is 17.1 Å². The molecule has 0 radical (unpaired) electrons. The van der Waals surface area contributed by atoms with Gasteiger partial charge < -0.3 is 4.74 Å². The second-order valence-electron chi connectivity index (χ2n) is 6.89. The van der Waals surface area contributed by atoms with E-state index >= 15 is 0 Å². The number of carbonyl (C=O) groups excluding carboxylic acids is 1. The van der Waals surface area contributed by atoms with E-state index in [1.165, 1.54) is 0 Å². The number of hydrogen-bond acceptors (Lipinski definition) is 2. The third-order valence-electron chi connectivity index (χ3n) is 4.91. The molecule has 0 aliphatic heterocycles. The van der Waals surface area contributed by atoms with Crippen molar-refractivity contribution < 1.29 is 9.53 Å². The summed E-state index contributed by atoms with van der Waals surface area (Å²) in [5.41, 5.74) is 5.77. The van der Waals surface area contributed by atoms with Crippen molar-refractivity contribution in [2.45, 2.75) is 0 Å². The molecule has 0 saturated heterocycles. The van der Waals surface area contributed by atoms with E-state index in [1.54, 1.807) is 12.1 Å². The average molecular weight is 390 g/mol. The van der Waals surface area contributed by atoms with Crippen LogP contribution in [0.3, 0.4) is 0 Å². The summed E-state index contributed by atoms with van der Waals surface area (Å²) in [7, 11) is 0. The van der Waals surface area contributed by atoms with Crippen molar-refractivity contribution in [3.05, 3.63) is 144 Å². The molecule has 4 rings (SSSR count). The number of carbonyl (C=O) groups is 1. The van der Waals surface area contributed by atoms with E-state index in [0.29, 0.717) is 5.56 Å². The Labute approximate surface area is 177 Å². The number of hydrogen-bond donors (Lipinski definition) is 0. The van der Waals surface area contributed by atoms with Crippen molar-refractivity contribution in [3.8, 4) is 0 Å².